The highest BCUT2D eigenvalue weighted by atomic mass is 35.5. The lowest BCUT2D eigenvalue weighted by molar-refractivity contribution is -0.122. The lowest BCUT2D eigenvalue weighted by Gasteiger charge is -2.17. The molecule has 0 bridgehead atoms. The van der Waals surface area contributed by atoms with Crippen LogP contribution >= 0.6 is 12.4 Å². The summed E-state index contributed by atoms with van der Waals surface area (Å²) in [5.74, 6) is 0.452. The van der Waals surface area contributed by atoms with E-state index in [9.17, 15) is 4.79 Å². The van der Waals surface area contributed by atoms with E-state index in [-0.39, 0.29) is 18.3 Å². The molecule has 0 aromatic heterocycles. The average molecular weight is 361 g/mol. The summed E-state index contributed by atoms with van der Waals surface area (Å²) < 4.78 is 0. The van der Waals surface area contributed by atoms with Crippen LogP contribution in [0.1, 0.15) is 30.4 Å². The molecule has 0 atom stereocenters. The number of halogens is 1. The van der Waals surface area contributed by atoms with Gasteiger partial charge in [0, 0.05) is 13.0 Å². The third kappa shape index (κ3) is 8.71. The molecular formula is C21H29ClN2O. The maximum Gasteiger partial charge on any atom is 0.220 e. The Morgan fingerprint density at radius 1 is 0.880 bits per heavy atom. The zero-order chi connectivity index (χ0) is 17.0. The van der Waals surface area contributed by atoms with Crippen LogP contribution in [0.15, 0.2) is 60.7 Å². The Morgan fingerprint density at radius 3 is 1.88 bits per heavy atom. The molecule has 2 aromatic rings. The first-order valence-electron chi connectivity index (χ1n) is 8.82. The number of hydrogen-bond donors (Lipinski definition) is 2. The molecule has 2 aromatic carbocycles. The van der Waals surface area contributed by atoms with Crippen LogP contribution in [0.25, 0.3) is 0 Å². The molecule has 0 aliphatic rings. The fourth-order valence-corrected chi connectivity index (χ4v) is 2.94. The summed E-state index contributed by atoms with van der Waals surface area (Å²) in [5, 5.41) is 3.03. The molecule has 1 amide bonds. The number of amides is 1. The molecule has 0 fully saturated rings. The van der Waals surface area contributed by atoms with Crippen molar-refractivity contribution >= 4 is 18.3 Å². The van der Waals surface area contributed by atoms with Crippen LogP contribution in [0.5, 0.6) is 0 Å². The van der Waals surface area contributed by atoms with E-state index < -0.39 is 0 Å². The molecule has 4 heteroatoms. The molecule has 0 radical (unpaired) electrons. The molecule has 2 rings (SSSR count). The normalized spacial score (nSPS) is 10.3. The Labute approximate surface area is 157 Å². The smallest absolute Gasteiger partial charge is 0.220 e. The molecule has 3 N–H and O–H groups in total. The zero-order valence-corrected chi connectivity index (χ0v) is 15.5. The second-order valence-electron chi connectivity index (χ2n) is 6.30. The topological polar surface area (TPSA) is 55.1 Å². The molecule has 0 aliphatic carbocycles. The second-order valence-corrected chi connectivity index (χ2v) is 6.30. The molecule has 0 aliphatic heterocycles. The average Bonchev–Trinajstić information content (AvgIpc) is 2.60. The molecule has 0 unspecified atom stereocenters. The van der Waals surface area contributed by atoms with Gasteiger partial charge >= 0.3 is 0 Å². The van der Waals surface area contributed by atoms with Crippen LogP contribution in [-0.2, 0) is 17.6 Å². The van der Waals surface area contributed by atoms with Crippen LogP contribution < -0.4 is 11.1 Å². The minimum atomic E-state index is 0. The van der Waals surface area contributed by atoms with Gasteiger partial charge in [-0.05, 0) is 49.3 Å². The number of carbonyl (C=O) groups excluding carboxylic acids is 1. The minimum absolute atomic E-state index is 0. The number of nitrogens with two attached hydrogens (primary N) is 1. The summed E-state index contributed by atoms with van der Waals surface area (Å²) in [5.41, 5.74) is 8.06. The van der Waals surface area contributed by atoms with Crippen molar-refractivity contribution in [2.75, 3.05) is 13.1 Å². The van der Waals surface area contributed by atoms with E-state index in [1.165, 1.54) is 11.1 Å². The van der Waals surface area contributed by atoms with Gasteiger partial charge in [0.05, 0.1) is 0 Å². The Hall–Kier alpha value is -1.84. The van der Waals surface area contributed by atoms with Crippen molar-refractivity contribution in [3.05, 3.63) is 71.8 Å². The maximum absolute atomic E-state index is 12.3. The third-order valence-corrected chi connectivity index (χ3v) is 4.16. The lowest BCUT2D eigenvalue weighted by Crippen LogP contribution is -2.28. The van der Waals surface area contributed by atoms with E-state index in [2.05, 4.69) is 53.8 Å². The summed E-state index contributed by atoms with van der Waals surface area (Å²) in [7, 11) is 0. The standard InChI is InChI=1S/C21H28N2O.ClH/c22-13-7-8-14-23-21(24)17-20(15-18-9-3-1-4-10-18)16-19-11-5-2-6-12-19;/h1-6,9-12,20H,7-8,13-17,22H2,(H,23,24);1H. The molecule has 136 valence electrons. The molecule has 3 nitrogen and oxygen atoms in total. The second kappa shape index (κ2) is 12.5. The first-order valence-corrected chi connectivity index (χ1v) is 8.82. The largest absolute Gasteiger partial charge is 0.356 e. The molecule has 0 saturated carbocycles. The number of nitrogens with one attached hydrogen (secondary N) is 1. The van der Waals surface area contributed by atoms with E-state index in [1.807, 2.05) is 12.1 Å². The van der Waals surface area contributed by atoms with Gasteiger partial charge in [-0.15, -0.1) is 12.4 Å². The monoisotopic (exact) mass is 360 g/mol. The Morgan fingerprint density at radius 2 is 1.40 bits per heavy atom. The summed E-state index contributed by atoms with van der Waals surface area (Å²) >= 11 is 0. The van der Waals surface area contributed by atoms with E-state index >= 15 is 0 Å². The summed E-state index contributed by atoms with van der Waals surface area (Å²) in [6.07, 6.45) is 4.31. The van der Waals surface area contributed by atoms with Crippen molar-refractivity contribution in [1.82, 2.24) is 5.32 Å². The van der Waals surface area contributed by atoms with Crippen LogP contribution in [0, 0.1) is 5.92 Å². The number of hydrogen-bond acceptors (Lipinski definition) is 2. The van der Waals surface area contributed by atoms with Gasteiger partial charge in [-0.2, -0.15) is 0 Å². The SMILES string of the molecule is Cl.NCCCCNC(=O)CC(Cc1ccccc1)Cc1ccccc1. The summed E-state index contributed by atoms with van der Waals surface area (Å²) in [6, 6.07) is 20.8. The molecule has 25 heavy (non-hydrogen) atoms. The molecule has 0 heterocycles. The van der Waals surface area contributed by atoms with Gasteiger partial charge in [-0.25, -0.2) is 0 Å². The molecule has 0 saturated heterocycles. The van der Waals surface area contributed by atoms with Gasteiger partial charge in [0.2, 0.25) is 5.91 Å². The van der Waals surface area contributed by atoms with Crippen molar-refractivity contribution in [2.45, 2.75) is 32.1 Å². The van der Waals surface area contributed by atoms with Crippen LogP contribution in [-0.4, -0.2) is 19.0 Å². The van der Waals surface area contributed by atoms with Crippen molar-refractivity contribution in [3.63, 3.8) is 0 Å². The first kappa shape index (κ1) is 21.2. The number of rotatable bonds is 10. The number of unbranched alkanes of at least 4 members (excludes halogenated alkanes) is 1. The Balaban J connectivity index is 0.00000312. The van der Waals surface area contributed by atoms with E-state index in [1.54, 1.807) is 0 Å². The highest BCUT2D eigenvalue weighted by Crippen LogP contribution is 2.18. The minimum Gasteiger partial charge on any atom is -0.356 e. The predicted molar refractivity (Wildman–Crippen MR) is 107 cm³/mol. The van der Waals surface area contributed by atoms with Gasteiger partial charge < -0.3 is 11.1 Å². The van der Waals surface area contributed by atoms with Crippen LogP contribution in [0.3, 0.4) is 0 Å². The highest BCUT2D eigenvalue weighted by molar-refractivity contribution is 5.85. The van der Waals surface area contributed by atoms with Crippen LogP contribution in [0.4, 0.5) is 0 Å². The van der Waals surface area contributed by atoms with Crippen molar-refractivity contribution in [1.29, 1.82) is 0 Å². The fourth-order valence-electron chi connectivity index (χ4n) is 2.94. The van der Waals surface area contributed by atoms with E-state index in [4.69, 9.17) is 5.73 Å². The van der Waals surface area contributed by atoms with Gasteiger partial charge in [0.1, 0.15) is 0 Å². The van der Waals surface area contributed by atoms with E-state index in [0.717, 1.165) is 32.2 Å². The Bertz CT molecular complexity index is 548. The van der Waals surface area contributed by atoms with Gasteiger partial charge in [-0.3, -0.25) is 4.79 Å². The summed E-state index contributed by atoms with van der Waals surface area (Å²) in [6.45, 7) is 1.40. The zero-order valence-electron chi connectivity index (χ0n) is 14.7. The van der Waals surface area contributed by atoms with Gasteiger partial charge in [0.15, 0.2) is 0 Å². The van der Waals surface area contributed by atoms with Gasteiger partial charge in [-0.1, -0.05) is 60.7 Å². The van der Waals surface area contributed by atoms with Gasteiger partial charge in [0.25, 0.3) is 0 Å². The first-order chi connectivity index (χ1) is 11.8. The predicted octanol–water partition coefficient (Wildman–Crippen LogP) is 3.76. The van der Waals surface area contributed by atoms with E-state index in [0.29, 0.717) is 18.9 Å². The maximum atomic E-state index is 12.3. The highest BCUT2D eigenvalue weighted by Gasteiger charge is 2.15. The quantitative estimate of drug-likeness (QED) is 0.634. The summed E-state index contributed by atoms with van der Waals surface area (Å²) in [4.78, 5) is 12.3. The van der Waals surface area contributed by atoms with Crippen LogP contribution in [0.2, 0.25) is 0 Å². The van der Waals surface area contributed by atoms with Crippen molar-refractivity contribution in [3.8, 4) is 0 Å². The van der Waals surface area contributed by atoms with Crippen molar-refractivity contribution in [2.24, 2.45) is 11.7 Å². The molecular weight excluding hydrogens is 332 g/mol. The fraction of sp³-hybridized carbons (Fsp3) is 0.381. The lowest BCUT2D eigenvalue weighted by atomic mass is 9.89. The Kier molecular flexibility index (Phi) is 10.6. The van der Waals surface area contributed by atoms with Crippen molar-refractivity contribution < 1.29 is 4.79 Å². The molecule has 0 spiro atoms. The number of benzene rings is 2. The third-order valence-electron chi connectivity index (χ3n) is 4.16. The number of carbonyl (C=O) groups is 1.